The van der Waals surface area contributed by atoms with E-state index in [1.165, 1.54) is 5.56 Å². The molecule has 0 radical (unpaired) electrons. The molecular weight excluding hydrogens is 294 g/mol. The Morgan fingerprint density at radius 2 is 1.91 bits per heavy atom. The molecule has 0 saturated heterocycles. The SMILES string of the molecule is NC(=O)c1ccc(CCCSn2cnc3ccccc32)cc1. The normalized spacial score (nSPS) is 10.9. The number of hydrogen-bond donors (Lipinski definition) is 1. The highest BCUT2D eigenvalue weighted by atomic mass is 32.2. The minimum Gasteiger partial charge on any atom is -0.366 e. The van der Waals surface area contributed by atoms with Gasteiger partial charge in [-0.1, -0.05) is 24.3 Å². The van der Waals surface area contributed by atoms with Crippen LogP contribution in [0.2, 0.25) is 0 Å². The van der Waals surface area contributed by atoms with Gasteiger partial charge in [-0.05, 0) is 54.6 Å². The third kappa shape index (κ3) is 3.31. The maximum atomic E-state index is 11.0. The van der Waals surface area contributed by atoms with Crippen molar-refractivity contribution in [3.05, 3.63) is 66.0 Å². The largest absolute Gasteiger partial charge is 0.366 e. The summed E-state index contributed by atoms with van der Waals surface area (Å²) in [6.07, 6.45) is 3.92. The first-order valence-electron chi connectivity index (χ1n) is 7.18. The second-order valence-electron chi connectivity index (χ2n) is 5.06. The van der Waals surface area contributed by atoms with Crippen LogP contribution < -0.4 is 5.73 Å². The monoisotopic (exact) mass is 311 g/mol. The molecule has 22 heavy (non-hydrogen) atoms. The number of rotatable bonds is 6. The first-order valence-corrected chi connectivity index (χ1v) is 8.12. The van der Waals surface area contributed by atoms with Crippen molar-refractivity contribution >= 4 is 28.9 Å². The fraction of sp³-hybridized carbons (Fsp3) is 0.176. The Hall–Kier alpha value is -2.27. The first kappa shape index (κ1) is 14.7. The Balaban J connectivity index is 1.52. The van der Waals surface area contributed by atoms with Gasteiger partial charge in [0.1, 0.15) is 6.33 Å². The molecule has 0 bridgehead atoms. The Morgan fingerprint density at radius 3 is 2.68 bits per heavy atom. The number of imidazole rings is 1. The third-order valence-electron chi connectivity index (χ3n) is 3.50. The molecule has 1 amide bonds. The van der Waals surface area contributed by atoms with Gasteiger partial charge in [-0.25, -0.2) is 4.98 Å². The van der Waals surface area contributed by atoms with Crippen LogP contribution in [0.5, 0.6) is 0 Å². The zero-order valence-electron chi connectivity index (χ0n) is 12.1. The smallest absolute Gasteiger partial charge is 0.248 e. The number of aromatic nitrogens is 2. The topological polar surface area (TPSA) is 60.9 Å². The van der Waals surface area contributed by atoms with Crippen LogP contribution in [-0.2, 0) is 6.42 Å². The summed E-state index contributed by atoms with van der Waals surface area (Å²) in [5.41, 5.74) is 9.19. The van der Waals surface area contributed by atoms with Crippen molar-refractivity contribution < 1.29 is 4.79 Å². The molecule has 0 saturated carbocycles. The fourth-order valence-corrected chi connectivity index (χ4v) is 3.19. The van der Waals surface area contributed by atoms with E-state index in [-0.39, 0.29) is 5.91 Å². The lowest BCUT2D eigenvalue weighted by atomic mass is 10.1. The summed E-state index contributed by atoms with van der Waals surface area (Å²) in [5, 5.41) is 0. The third-order valence-corrected chi connectivity index (χ3v) is 4.54. The fourth-order valence-electron chi connectivity index (χ4n) is 2.31. The van der Waals surface area contributed by atoms with Crippen molar-refractivity contribution in [1.82, 2.24) is 8.96 Å². The van der Waals surface area contributed by atoms with Crippen molar-refractivity contribution in [2.45, 2.75) is 12.8 Å². The summed E-state index contributed by atoms with van der Waals surface area (Å²) in [6, 6.07) is 15.6. The number of nitrogens with zero attached hydrogens (tertiary/aromatic N) is 2. The van der Waals surface area contributed by atoms with Gasteiger partial charge in [-0.2, -0.15) is 0 Å². The zero-order valence-corrected chi connectivity index (χ0v) is 12.9. The molecule has 0 aliphatic carbocycles. The van der Waals surface area contributed by atoms with Crippen molar-refractivity contribution in [1.29, 1.82) is 0 Å². The Morgan fingerprint density at radius 1 is 1.14 bits per heavy atom. The highest BCUT2D eigenvalue weighted by Crippen LogP contribution is 2.19. The standard InChI is InChI=1S/C17H17N3OS/c18-17(21)14-9-7-13(8-10-14)4-3-11-22-20-12-19-15-5-1-2-6-16(15)20/h1-2,5-10,12H,3-4,11H2,(H2,18,21). The molecule has 5 heteroatoms. The van der Waals surface area contributed by atoms with E-state index < -0.39 is 0 Å². The van der Waals surface area contributed by atoms with E-state index in [2.05, 4.69) is 15.0 Å². The molecular formula is C17H17N3OS. The molecule has 112 valence electrons. The number of amides is 1. The number of hydrogen-bond acceptors (Lipinski definition) is 3. The average molecular weight is 311 g/mol. The molecule has 1 heterocycles. The molecule has 0 fully saturated rings. The maximum absolute atomic E-state index is 11.0. The first-order chi connectivity index (χ1) is 10.7. The minimum atomic E-state index is -0.380. The molecule has 1 aromatic heterocycles. The Bertz CT molecular complexity index is 780. The molecule has 0 atom stereocenters. The van der Waals surface area contributed by atoms with Gasteiger partial charge in [-0.3, -0.25) is 8.77 Å². The highest BCUT2D eigenvalue weighted by Gasteiger charge is 2.03. The summed E-state index contributed by atoms with van der Waals surface area (Å²) >= 11 is 1.76. The van der Waals surface area contributed by atoms with Crippen molar-refractivity contribution in [2.24, 2.45) is 5.73 Å². The number of aryl methyl sites for hydroxylation is 1. The van der Waals surface area contributed by atoms with Crippen LogP contribution in [0.1, 0.15) is 22.3 Å². The van der Waals surface area contributed by atoms with Crippen LogP contribution in [0.25, 0.3) is 11.0 Å². The Kier molecular flexibility index (Phi) is 4.44. The van der Waals surface area contributed by atoms with Crippen LogP contribution in [0.4, 0.5) is 0 Å². The van der Waals surface area contributed by atoms with Crippen molar-refractivity contribution in [3.8, 4) is 0 Å². The number of carbonyl (C=O) groups excluding carboxylic acids is 1. The van der Waals surface area contributed by atoms with Gasteiger partial charge in [0, 0.05) is 11.3 Å². The summed E-state index contributed by atoms with van der Waals surface area (Å²) in [5.74, 6) is 0.631. The van der Waals surface area contributed by atoms with Gasteiger partial charge in [0.25, 0.3) is 0 Å². The van der Waals surface area contributed by atoms with E-state index >= 15 is 0 Å². The lowest BCUT2D eigenvalue weighted by Gasteiger charge is -2.04. The van der Waals surface area contributed by atoms with Crippen LogP contribution in [-0.4, -0.2) is 20.6 Å². The zero-order chi connectivity index (χ0) is 15.4. The van der Waals surface area contributed by atoms with Gasteiger partial charge >= 0.3 is 0 Å². The van der Waals surface area contributed by atoms with E-state index in [9.17, 15) is 4.79 Å². The van der Waals surface area contributed by atoms with Gasteiger partial charge in [0.2, 0.25) is 5.91 Å². The van der Waals surface area contributed by atoms with E-state index in [1.807, 2.05) is 36.7 Å². The van der Waals surface area contributed by atoms with Crippen LogP contribution in [0.15, 0.2) is 54.9 Å². The number of carbonyl (C=O) groups is 1. The molecule has 3 aromatic rings. The second kappa shape index (κ2) is 6.66. The number of primary amides is 1. The van der Waals surface area contributed by atoms with Crippen molar-refractivity contribution in [2.75, 3.05) is 5.75 Å². The van der Waals surface area contributed by atoms with E-state index in [0.29, 0.717) is 5.56 Å². The van der Waals surface area contributed by atoms with E-state index in [0.717, 1.165) is 29.6 Å². The number of para-hydroxylation sites is 2. The van der Waals surface area contributed by atoms with E-state index in [1.54, 1.807) is 24.1 Å². The number of fused-ring (bicyclic) bond motifs is 1. The average Bonchev–Trinajstić information content (AvgIpc) is 2.95. The minimum absolute atomic E-state index is 0.380. The molecule has 2 N–H and O–H groups in total. The Labute approximate surface area is 133 Å². The van der Waals surface area contributed by atoms with Crippen LogP contribution in [0.3, 0.4) is 0 Å². The lowest BCUT2D eigenvalue weighted by molar-refractivity contribution is 0.100. The number of nitrogens with two attached hydrogens (primary N) is 1. The quantitative estimate of drug-likeness (QED) is 0.711. The van der Waals surface area contributed by atoms with Gasteiger partial charge in [0.05, 0.1) is 11.0 Å². The summed E-state index contributed by atoms with van der Waals surface area (Å²) < 4.78 is 2.12. The lowest BCUT2D eigenvalue weighted by Crippen LogP contribution is -2.10. The second-order valence-corrected chi connectivity index (χ2v) is 6.12. The van der Waals surface area contributed by atoms with Crippen LogP contribution >= 0.6 is 11.9 Å². The van der Waals surface area contributed by atoms with Gasteiger partial charge < -0.3 is 5.73 Å². The molecule has 0 aliphatic heterocycles. The van der Waals surface area contributed by atoms with Crippen molar-refractivity contribution in [3.63, 3.8) is 0 Å². The molecule has 2 aromatic carbocycles. The molecule has 0 unspecified atom stereocenters. The molecule has 0 spiro atoms. The summed E-state index contributed by atoms with van der Waals surface area (Å²) in [4.78, 5) is 15.4. The predicted octanol–water partition coefficient (Wildman–Crippen LogP) is 3.26. The van der Waals surface area contributed by atoms with Crippen LogP contribution in [0, 0.1) is 0 Å². The predicted molar refractivity (Wildman–Crippen MR) is 90.9 cm³/mol. The summed E-state index contributed by atoms with van der Waals surface area (Å²) in [7, 11) is 0. The molecule has 0 aliphatic rings. The summed E-state index contributed by atoms with van der Waals surface area (Å²) in [6.45, 7) is 0. The maximum Gasteiger partial charge on any atom is 0.248 e. The number of benzene rings is 2. The van der Waals surface area contributed by atoms with Gasteiger partial charge in [0.15, 0.2) is 0 Å². The highest BCUT2D eigenvalue weighted by molar-refractivity contribution is 7.97. The van der Waals surface area contributed by atoms with Gasteiger partial charge in [-0.15, -0.1) is 0 Å². The molecule has 4 nitrogen and oxygen atoms in total. The molecule has 3 rings (SSSR count). The van der Waals surface area contributed by atoms with E-state index in [4.69, 9.17) is 5.73 Å².